The van der Waals surface area contributed by atoms with E-state index in [-0.39, 0.29) is 6.51 Å². The maximum absolute atomic E-state index is 4.98. The van der Waals surface area contributed by atoms with Crippen LogP contribution < -0.4 is 0 Å². The van der Waals surface area contributed by atoms with Gasteiger partial charge in [-0.25, -0.2) is 0 Å². The highest BCUT2D eigenvalue weighted by atomic mass is 14.7. The van der Waals surface area contributed by atoms with Crippen LogP contribution in [0.25, 0.3) is 0 Å². The molecule has 3 aliphatic rings. The summed E-state index contributed by atoms with van der Waals surface area (Å²) in [5.41, 5.74) is 8.08. The molecule has 0 fully saturated rings. The van der Waals surface area contributed by atoms with Gasteiger partial charge in [-0.3, -0.25) is 0 Å². The number of nitrogens with zero attached hydrogens (tertiary/aromatic N) is 1. The summed E-state index contributed by atoms with van der Waals surface area (Å²) < 4.78 is 0. The number of hydrogen-bond acceptors (Lipinski definition) is 1. The third-order valence-corrected chi connectivity index (χ3v) is 4.13. The second-order valence-electron chi connectivity index (χ2n) is 5.53. The lowest BCUT2D eigenvalue weighted by atomic mass is 9.55. The van der Waals surface area contributed by atoms with E-state index in [1.807, 2.05) is 42.5 Å². The molecule has 0 radical (unpaired) electrons. The molecule has 0 heterocycles. The molecule has 1 unspecified atom stereocenters. The SMILES string of the molecule is C1=CC=CC=1[B-](=Nc1ccccc1)C1=C2C=CC=CC2C=C1. The van der Waals surface area contributed by atoms with Gasteiger partial charge in [-0.15, -0.1) is 0 Å². The lowest BCUT2D eigenvalue weighted by Crippen LogP contribution is -2.09. The third-order valence-electron chi connectivity index (χ3n) is 4.13. The second-order valence-corrected chi connectivity index (χ2v) is 5.53. The fourth-order valence-corrected chi connectivity index (χ4v) is 3.05. The van der Waals surface area contributed by atoms with Gasteiger partial charge in [0.05, 0.1) is 0 Å². The molecule has 0 N–H and O–H groups in total. The number of hydrogen-bond donors (Lipinski definition) is 0. The minimum atomic E-state index is 0.00444. The Morgan fingerprint density at radius 2 is 1.82 bits per heavy atom. The van der Waals surface area contributed by atoms with Gasteiger partial charge in [-0.2, -0.15) is 16.7 Å². The van der Waals surface area contributed by atoms with E-state index >= 15 is 0 Å². The van der Waals surface area contributed by atoms with Crippen LogP contribution in [-0.4, -0.2) is 6.51 Å². The zero-order valence-corrected chi connectivity index (χ0v) is 12.2. The first-order valence-electron chi connectivity index (χ1n) is 7.58. The van der Waals surface area contributed by atoms with Gasteiger partial charge in [0.15, 0.2) is 0 Å². The molecule has 0 saturated heterocycles. The third kappa shape index (κ3) is 2.34. The molecule has 4 rings (SSSR count). The molecule has 3 aliphatic carbocycles. The largest absolute Gasteiger partial charge is 0.511 e. The maximum Gasteiger partial charge on any atom is 0.0259 e. The van der Waals surface area contributed by atoms with Crippen molar-refractivity contribution in [3.8, 4) is 0 Å². The molecule has 2 heteroatoms. The van der Waals surface area contributed by atoms with E-state index in [0.717, 1.165) is 11.2 Å². The monoisotopic (exact) mass is 280 g/mol. The van der Waals surface area contributed by atoms with Crippen LogP contribution in [0.1, 0.15) is 0 Å². The van der Waals surface area contributed by atoms with Crippen molar-refractivity contribution in [2.45, 2.75) is 0 Å². The Morgan fingerprint density at radius 3 is 2.64 bits per heavy atom. The molecule has 0 saturated carbocycles. The van der Waals surface area contributed by atoms with E-state index in [0.29, 0.717) is 5.92 Å². The molecule has 0 amide bonds. The molecule has 1 atom stereocenters. The topological polar surface area (TPSA) is 12.4 Å². The first-order valence-corrected chi connectivity index (χ1v) is 7.58. The van der Waals surface area contributed by atoms with Gasteiger partial charge in [-0.1, -0.05) is 72.4 Å². The quantitative estimate of drug-likeness (QED) is 0.550. The van der Waals surface area contributed by atoms with Crippen molar-refractivity contribution in [2.24, 2.45) is 10.8 Å². The van der Waals surface area contributed by atoms with Gasteiger partial charge in [0.25, 0.3) is 0 Å². The van der Waals surface area contributed by atoms with Crippen molar-refractivity contribution in [2.75, 3.05) is 0 Å². The standard InChI is InChI=1S/C20H15BN/c1-2-11-18(12-3-1)22-21(17-9-5-6-10-17)20-15-14-16-8-4-7-13-19(16)20/h1-9,11-16H/q-1. The number of fused-ring (bicyclic) bond motifs is 1. The van der Waals surface area contributed by atoms with Crippen molar-refractivity contribution in [1.82, 2.24) is 0 Å². The maximum atomic E-state index is 4.98. The summed E-state index contributed by atoms with van der Waals surface area (Å²) in [6.45, 7) is 0.00444. The Balaban J connectivity index is 1.86. The molecular formula is C20H15BN-. The van der Waals surface area contributed by atoms with Crippen LogP contribution in [-0.2, 0) is 0 Å². The molecule has 0 spiro atoms. The van der Waals surface area contributed by atoms with Crippen molar-refractivity contribution < 1.29 is 0 Å². The predicted molar refractivity (Wildman–Crippen MR) is 93.0 cm³/mol. The molecule has 0 bridgehead atoms. The fraction of sp³-hybridized carbons (Fsp3) is 0.0500. The van der Waals surface area contributed by atoms with E-state index in [1.54, 1.807) is 0 Å². The van der Waals surface area contributed by atoms with Crippen molar-refractivity contribution in [1.29, 1.82) is 0 Å². The number of benzene rings is 1. The highest BCUT2D eigenvalue weighted by molar-refractivity contribution is 6.66. The van der Waals surface area contributed by atoms with E-state index < -0.39 is 0 Å². The first kappa shape index (κ1) is 13.0. The van der Waals surface area contributed by atoms with Crippen LogP contribution >= 0.6 is 0 Å². The normalized spacial score (nSPS) is 21.7. The van der Waals surface area contributed by atoms with Gasteiger partial charge in [0.1, 0.15) is 0 Å². The van der Waals surface area contributed by atoms with Gasteiger partial charge >= 0.3 is 0 Å². The van der Waals surface area contributed by atoms with Crippen LogP contribution in [0.5, 0.6) is 0 Å². The zero-order valence-electron chi connectivity index (χ0n) is 12.2. The molecule has 0 aliphatic heterocycles. The smallest absolute Gasteiger partial charge is 0.0259 e. The van der Waals surface area contributed by atoms with Gasteiger partial charge in [0.2, 0.25) is 0 Å². The number of rotatable bonds is 3. The average Bonchev–Trinajstić information content (AvgIpc) is 3.24. The lowest BCUT2D eigenvalue weighted by molar-refractivity contribution is 1.02. The van der Waals surface area contributed by atoms with E-state index in [2.05, 4.69) is 48.3 Å². The van der Waals surface area contributed by atoms with Crippen LogP contribution in [0.3, 0.4) is 0 Å². The van der Waals surface area contributed by atoms with Crippen LogP contribution in [0, 0.1) is 5.92 Å². The summed E-state index contributed by atoms with van der Waals surface area (Å²) >= 11 is 0. The Labute approximate surface area is 130 Å². The Hall–Kier alpha value is -2.70. The van der Waals surface area contributed by atoms with Gasteiger partial charge in [0, 0.05) is 18.1 Å². The molecular weight excluding hydrogens is 265 g/mol. The zero-order chi connectivity index (χ0) is 14.8. The van der Waals surface area contributed by atoms with Crippen molar-refractivity contribution in [3.05, 3.63) is 107 Å². The van der Waals surface area contributed by atoms with Crippen molar-refractivity contribution >= 4 is 12.2 Å². The highest BCUT2D eigenvalue weighted by Gasteiger charge is 2.16. The van der Waals surface area contributed by atoms with E-state index in [9.17, 15) is 0 Å². The summed E-state index contributed by atoms with van der Waals surface area (Å²) in [6.07, 6.45) is 19.2. The minimum absolute atomic E-state index is 0.00444. The minimum Gasteiger partial charge on any atom is -0.511 e. The summed E-state index contributed by atoms with van der Waals surface area (Å²) in [7, 11) is 0. The van der Waals surface area contributed by atoms with E-state index in [1.165, 1.54) is 11.0 Å². The summed E-state index contributed by atoms with van der Waals surface area (Å²) in [6, 6.07) is 10.2. The van der Waals surface area contributed by atoms with Crippen LogP contribution in [0.15, 0.2) is 112 Å². The Morgan fingerprint density at radius 1 is 0.909 bits per heavy atom. The molecule has 22 heavy (non-hydrogen) atoms. The highest BCUT2D eigenvalue weighted by Crippen LogP contribution is 2.32. The first-order chi connectivity index (χ1) is 10.9. The fourth-order valence-electron chi connectivity index (χ4n) is 3.05. The summed E-state index contributed by atoms with van der Waals surface area (Å²) in [4.78, 5) is 4.98. The lowest BCUT2D eigenvalue weighted by Gasteiger charge is -2.22. The molecule has 0 aromatic heterocycles. The van der Waals surface area contributed by atoms with Crippen LogP contribution in [0.2, 0.25) is 0 Å². The molecule has 1 aromatic rings. The molecule has 104 valence electrons. The average molecular weight is 280 g/mol. The summed E-state index contributed by atoms with van der Waals surface area (Å²) in [5.74, 6) is 0.392. The second kappa shape index (κ2) is 5.59. The van der Waals surface area contributed by atoms with Crippen molar-refractivity contribution in [3.63, 3.8) is 0 Å². The Kier molecular flexibility index (Phi) is 3.31. The number of allylic oxidation sites excluding steroid dienone is 11. The molecule has 1 nitrogen and oxygen atoms in total. The van der Waals surface area contributed by atoms with Gasteiger partial charge < -0.3 is 4.90 Å². The Bertz CT molecular complexity index is 854. The van der Waals surface area contributed by atoms with E-state index in [4.69, 9.17) is 4.90 Å². The summed E-state index contributed by atoms with van der Waals surface area (Å²) in [5, 5.41) is 0. The predicted octanol–water partition coefficient (Wildman–Crippen LogP) is 4.92. The van der Waals surface area contributed by atoms with Crippen LogP contribution in [0.4, 0.5) is 5.69 Å². The van der Waals surface area contributed by atoms with Gasteiger partial charge in [-0.05, 0) is 18.2 Å². The molecule has 1 aromatic carbocycles.